The molecule has 2 aromatic carbocycles. The number of amides is 2. The summed E-state index contributed by atoms with van der Waals surface area (Å²) in [4.78, 5) is 51.1. The zero-order valence-electron chi connectivity index (χ0n) is 18.5. The second-order valence-electron chi connectivity index (χ2n) is 7.87. The number of carbonyl (C=O) groups excluding carboxylic acids is 2. The van der Waals surface area contributed by atoms with Gasteiger partial charge in [0.2, 0.25) is 11.7 Å². The summed E-state index contributed by atoms with van der Waals surface area (Å²) in [6.07, 6.45) is 0.765. The van der Waals surface area contributed by atoms with Crippen LogP contribution < -0.4 is 21.9 Å². The molecule has 0 fully saturated rings. The molecule has 2 N–H and O–H groups in total. The van der Waals surface area contributed by atoms with Crippen molar-refractivity contribution in [3.05, 3.63) is 74.9 Å². The topological polar surface area (TPSA) is 120 Å². The fraction of sp³-hybridized carbons (Fsp3) is 0.261. The van der Waals surface area contributed by atoms with Crippen LogP contribution in [0.5, 0.6) is 0 Å². The third-order valence-corrected chi connectivity index (χ3v) is 5.50. The van der Waals surface area contributed by atoms with Gasteiger partial charge in [0.15, 0.2) is 0 Å². The van der Waals surface area contributed by atoms with E-state index < -0.39 is 11.6 Å². The molecule has 4 aromatic rings. The number of hydrogen-bond donors (Lipinski definition) is 2. The van der Waals surface area contributed by atoms with Gasteiger partial charge in [0, 0.05) is 24.3 Å². The van der Waals surface area contributed by atoms with E-state index in [9.17, 15) is 19.2 Å². The average Bonchev–Trinajstić information content (AvgIpc) is 3.13. The highest BCUT2D eigenvalue weighted by Crippen LogP contribution is 2.14. The van der Waals surface area contributed by atoms with Gasteiger partial charge in [-0.3, -0.25) is 19.0 Å². The van der Waals surface area contributed by atoms with Crippen LogP contribution >= 0.6 is 0 Å². The molecule has 33 heavy (non-hydrogen) atoms. The molecule has 170 valence electrons. The second kappa shape index (κ2) is 8.73. The Hall–Kier alpha value is -4.21. The van der Waals surface area contributed by atoms with Gasteiger partial charge in [-0.2, -0.15) is 0 Å². The van der Waals surface area contributed by atoms with E-state index in [1.165, 1.54) is 28.1 Å². The number of aromatic nitrogens is 4. The highest BCUT2D eigenvalue weighted by Gasteiger charge is 2.19. The van der Waals surface area contributed by atoms with Crippen LogP contribution in [0.1, 0.15) is 30.6 Å². The fourth-order valence-corrected chi connectivity index (χ4v) is 3.50. The van der Waals surface area contributed by atoms with Crippen molar-refractivity contribution in [3.8, 4) is 0 Å². The van der Waals surface area contributed by atoms with Gasteiger partial charge in [0.1, 0.15) is 6.54 Å². The van der Waals surface area contributed by atoms with E-state index in [4.69, 9.17) is 0 Å². The summed E-state index contributed by atoms with van der Waals surface area (Å²) in [6.45, 7) is 3.52. The monoisotopic (exact) mass is 448 g/mol. The maximum atomic E-state index is 13.2. The van der Waals surface area contributed by atoms with Crippen LogP contribution in [0.4, 0.5) is 5.69 Å². The molecule has 1 unspecified atom stereocenters. The van der Waals surface area contributed by atoms with Crippen molar-refractivity contribution in [2.75, 3.05) is 5.32 Å². The first-order valence-corrected chi connectivity index (χ1v) is 10.6. The van der Waals surface area contributed by atoms with Crippen molar-refractivity contribution in [1.29, 1.82) is 0 Å². The van der Waals surface area contributed by atoms with Crippen LogP contribution in [0.15, 0.2) is 58.1 Å². The molecule has 4 rings (SSSR count). The minimum Gasteiger partial charge on any atom is -0.350 e. The van der Waals surface area contributed by atoms with Gasteiger partial charge in [-0.05, 0) is 43.7 Å². The van der Waals surface area contributed by atoms with Crippen molar-refractivity contribution in [1.82, 2.24) is 24.1 Å². The summed E-state index contributed by atoms with van der Waals surface area (Å²) in [7, 11) is 1.50. The van der Waals surface area contributed by atoms with Gasteiger partial charge < -0.3 is 10.6 Å². The lowest BCUT2D eigenvalue weighted by molar-refractivity contribution is -0.117. The van der Waals surface area contributed by atoms with Crippen molar-refractivity contribution in [3.63, 3.8) is 0 Å². The zero-order valence-corrected chi connectivity index (χ0v) is 18.5. The van der Waals surface area contributed by atoms with Crippen LogP contribution in [0, 0.1) is 0 Å². The Kier molecular flexibility index (Phi) is 5.82. The lowest BCUT2D eigenvalue weighted by Crippen LogP contribution is -2.32. The number of aryl methyl sites for hydroxylation is 1. The Morgan fingerprint density at radius 2 is 1.82 bits per heavy atom. The van der Waals surface area contributed by atoms with Crippen molar-refractivity contribution < 1.29 is 9.59 Å². The molecule has 0 aliphatic heterocycles. The highest BCUT2D eigenvalue weighted by molar-refractivity contribution is 5.98. The van der Waals surface area contributed by atoms with Gasteiger partial charge in [-0.25, -0.2) is 13.9 Å². The van der Waals surface area contributed by atoms with Crippen molar-refractivity contribution in [2.45, 2.75) is 32.9 Å². The first kappa shape index (κ1) is 22.0. The Morgan fingerprint density at radius 3 is 2.52 bits per heavy atom. The van der Waals surface area contributed by atoms with Gasteiger partial charge >= 0.3 is 5.69 Å². The summed E-state index contributed by atoms with van der Waals surface area (Å²) in [6, 6.07) is 13.4. The molecular weight excluding hydrogens is 424 g/mol. The first-order valence-electron chi connectivity index (χ1n) is 10.6. The molecule has 0 aliphatic carbocycles. The summed E-state index contributed by atoms with van der Waals surface area (Å²) in [5, 5.41) is 10.0. The number of benzene rings is 2. The number of nitrogens with one attached hydrogen (secondary N) is 2. The van der Waals surface area contributed by atoms with Crippen LogP contribution in [0.25, 0.3) is 16.7 Å². The Morgan fingerprint density at radius 1 is 1.09 bits per heavy atom. The fourth-order valence-electron chi connectivity index (χ4n) is 3.50. The van der Waals surface area contributed by atoms with E-state index >= 15 is 0 Å². The van der Waals surface area contributed by atoms with Crippen LogP contribution in [0.2, 0.25) is 0 Å². The lowest BCUT2D eigenvalue weighted by Gasteiger charge is -2.12. The molecule has 0 bridgehead atoms. The molecule has 2 amide bonds. The number of nitrogens with zero attached hydrogens (tertiary/aromatic N) is 4. The summed E-state index contributed by atoms with van der Waals surface area (Å²) < 4.78 is 3.49. The minimum atomic E-state index is -0.590. The predicted octanol–water partition coefficient (Wildman–Crippen LogP) is 1.51. The molecule has 0 spiro atoms. The standard InChI is InChI=1S/C23H24N6O4/c1-4-14(2)24-20(31)15-10-11-17-18(12-15)29-22(27(3)21(17)32)26-28(23(29)33)13-19(30)25-16-8-6-5-7-9-16/h5-12,14H,4,13H2,1-3H3,(H,24,31)(H,25,30). The van der Waals surface area contributed by atoms with Gasteiger partial charge in [0.25, 0.3) is 11.5 Å². The van der Waals surface area contributed by atoms with E-state index in [0.29, 0.717) is 11.3 Å². The number of carbonyl (C=O) groups is 2. The molecule has 0 saturated carbocycles. The van der Waals surface area contributed by atoms with Gasteiger partial charge in [-0.1, -0.05) is 25.1 Å². The normalized spacial score (nSPS) is 12.1. The SMILES string of the molecule is CCC(C)NC(=O)c1ccc2c(=O)n(C)c3nn(CC(=O)Nc4ccccc4)c(=O)n3c2c1. The second-order valence-corrected chi connectivity index (χ2v) is 7.87. The number of fused-ring (bicyclic) bond motifs is 3. The predicted molar refractivity (Wildman–Crippen MR) is 124 cm³/mol. The average molecular weight is 448 g/mol. The Bertz CT molecular complexity index is 1480. The Labute approximate surface area is 188 Å². The number of anilines is 1. The number of hydrogen-bond acceptors (Lipinski definition) is 5. The summed E-state index contributed by atoms with van der Waals surface area (Å²) >= 11 is 0. The smallest absolute Gasteiger partial charge is 0.350 e. The van der Waals surface area contributed by atoms with E-state index in [2.05, 4.69) is 15.7 Å². The van der Waals surface area contributed by atoms with Gasteiger partial charge in [-0.15, -0.1) is 5.10 Å². The van der Waals surface area contributed by atoms with E-state index in [1.807, 2.05) is 19.9 Å². The maximum Gasteiger partial charge on any atom is 0.352 e. The zero-order chi connectivity index (χ0) is 23.7. The number of rotatable bonds is 6. The van der Waals surface area contributed by atoms with E-state index in [-0.39, 0.29) is 40.7 Å². The molecule has 10 heteroatoms. The molecule has 0 saturated heterocycles. The molecule has 2 aromatic heterocycles. The molecule has 0 aliphatic rings. The molecular formula is C23H24N6O4. The van der Waals surface area contributed by atoms with E-state index in [0.717, 1.165) is 11.1 Å². The quantitative estimate of drug-likeness (QED) is 0.463. The first-order chi connectivity index (χ1) is 15.8. The maximum absolute atomic E-state index is 13.2. The summed E-state index contributed by atoms with van der Waals surface area (Å²) in [5.41, 5.74) is 0.211. The number of para-hydroxylation sites is 1. The molecule has 1 atom stereocenters. The lowest BCUT2D eigenvalue weighted by atomic mass is 10.1. The Balaban J connectivity index is 1.79. The van der Waals surface area contributed by atoms with Crippen LogP contribution in [0.3, 0.4) is 0 Å². The molecule has 10 nitrogen and oxygen atoms in total. The van der Waals surface area contributed by atoms with Crippen molar-refractivity contribution >= 4 is 34.2 Å². The molecule has 0 radical (unpaired) electrons. The minimum absolute atomic E-state index is 0.0227. The third kappa shape index (κ3) is 4.14. The van der Waals surface area contributed by atoms with Crippen molar-refractivity contribution in [2.24, 2.45) is 7.05 Å². The van der Waals surface area contributed by atoms with E-state index in [1.54, 1.807) is 30.3 Å². The van der Waals surface area contributed by atoms with Crippen LogP contribution in [-0.2, 0) is 18.4 Å². The third-order valence-electron chi connectivity index (χ3n) is 5.50. The molecule has 2 heterocycles. The van der Waals surface area contributed by atoms with Crippen LogP contribution in [-0.4, -0.2) is 36.6 Å². The summed E-state index contributed by atoms with van der Waals surface area (Å²) in [5.74, 6) is -0.665. The van der Waals surface area contributed by atoms with Gasteiger partial charge in [0.05, 0.1) is 10.9 Å². The highest BCUT2D eigenvalue weighted by atomic mass is 16.2. The largest absolute Gasteiger partial charge is 0.352 e.